The molecular weight excluding hydrogens is 442 g/mol. The summed E-state index contributed by atoms with van der Waals surface area (Å²) in [4.78, 5) is 18.0. The van der Waals surface area contributed by atoms with Crippen LogP contribution in [-0.4, -0.2) is 32.9 Å². The highest BCUT2D eigenvalue weighted by Crippen LogP contribution is 2.27. The Hall–Kier alpha value is -4.39. The van der Waals surface area contributed by atoms with E-state index in [-0.39, 0.29) is 17.6 Å². The number of carbonyl (C=O) groups excluding carboxylic acids is 1. The third-order valence-electron chi connectivity index (χ3n) is 5.40. The number of phenols is 2. The van der Waals surface area contributed by atoms with Gasteiger partial charge in [0.05, 0.1) is 28.6 Å². The molecule has 0 aliphatic carbocycles. The monoisotopic (exact) mass is 469 g/mol. The molecule has 7 nitrogen and oxygen atoms in total. The van der Waals surface area contributed by atoms with Crippen LogP contribution >= 0.6 is 0 Å². The number of nitrogens with one attached hydrogen (secondary N) is 1. The average Bonchev–Trinajstić information content (AvgIpc) is 2.85. The van der Waals surface area contributed by atoms with Crippen LogP contribution in [0.4, 0.5) is 0 Å². The normalized spacial score (nSPS) is 11.6. The second kappa shape index (κ2) is 10.3. The number of carbonyl (C=O) groups is 1. The van der Waals surface area contributed by atoms with Gasteiger partial charge in [-0.05, 0) is 74.9 Å². The molecule has 1 heterocycles. The first-order valence-electron chi connectivity index (χ1n) is 11.4. The number of fused-ring (bicyclic) bond motifs is 1. The zero-order chi connectivity index (χ0) is 24.9. The topological polar surface area (TPSA) is 104 Å². The maximum atomic E-state index is 13.2. The van der Waals surface area contributed by atoms with Gasteiger partial charge in [-0.15, -0.1) is 0 Å². The third-order valence-corrected chi connectivity index (χ3v) is 5.40. The molecule has 0 bridgehead atoms. The number of para-hydroxylation sites is 1. The van der Waals surface area contributed by atoms with E-state index in [9.17, 15) is 15.0 Å². The Labute approximate surface area is 203 Å². The Kier molecular flexibility index (Phi) is 6.96. The lowest BCUT2D eigenvalue weighted by Gasteiger charge is -2.12. The van der Waals surface area contributed by atoms with Crippen LogP contribution in [0.5, 0.6) is 17.2 Å². The predicted molar refractivity (Wildman–Crippen MR) is 137 cm³/mol. The number of rotatable bonds is 7. The van der Waals surface area contributed by atoms with Crippen LogP contribution in [0.3, 0.4) is 0 Å². The van der Waals surface area contributed by atoms with Crippen molar-refractivity contribution in [1.29, 1.82) is 0 Å². The number of ether oxygens (including phenoxy) is 1. The molecule has 0 atom stereocenters. The van der Waals surface area contributed by atoms with Gasteiger partial charge in [0, 0.05) is 16.5 Å². The van der Waals surface area contributed by atoms with E-state index in [2.05, 4.69) is 10.5 Å². The summed E-state index contributed by atoms with van der Waals surface area (Å²) in [5, 5.41) is 24.9. The Bertz CT molecular complexity index is 1400. The molecule has 3 N–H and O–H groups in total. The van der Waals surface area contributed by atoms with E-state index in [1.165, 1.54) is 18.2 Å². The lowest BCUT2D eigenvalue weighted by atomic mass is 10.0. The molecule has 0 spiro atoms. The number of hydrogen-bond acceptors (Lipinski definition) is 6. The van der Waals surface area contributed by atoms with Crippen molar-refractivity contribution in [2.75, 3.05) is 0 Å². The van der Waals surface area contributed by atoms with Gasteiger partial charge in [0.2, 0.25) is 0 Å². The van der Waals surface area contributed by atoms with Crippen LogP contribution < -0.4 is 10.2 Å². The summed E-state index contributed by atoms with van der Waals surface area (Å²) in [6, 6.07) is 20.9. The van der Waals surface area contributed by atoms with Gasteiger partial charge in [0.15, 0.2) is 0 Å². The molecule has 3 aromatic carbocycles. The molecule has 7 heteroatoms. The molecular formula is C28H27N3O4. The number of phenolic OH excluding ortho intramolecular Hbond substituents is 2. The van der Waals surface area contributed by atoms with Crippen LogP contribution in [0.25, 0.3) is 22.2 Å². The zero-order valence-corrected chi connectivity index (χ0v) is 19.8. The standard InChI is InChI=1S/C28H27N3O4/c1-4-24(23-15-19(32)11-14-27(23)33)30-31-28(34)22-16-26(29-25-8-6-5-7-21(22)25)18-9-12-20(13-10-18)35-17(2)3/h5-17,32-33H,4H2,1-3H3,(H,31,34)/b30-24-. The molecule has 0 saturated heterocycles. The van der Waals surface area contributed by atoms with Gasteiger partial charge in [-0.1, -0.05) is 25.1 Å². The molecule has 178 valence electrons. The number of amides is 1. The first-order valence-corrected chi connectivity index (χ1v) is 11.4. The second-order valence-corrected chi connectivity index (χ2v) is 8.32. The van der Waals surface area contributed by atoms with E-state index in [0.717, 1.165) is 11.3 Å². The molecule has 35 heavy (non-hydrogen) atoms. The summed E-state index contributed by atoms with van der Waals surface area (Å²) in [6.07, 6.45) is 0.509. The van der Waals surface area contributed by atoms with Crippen molar-refractivity contribution in [3.05, 3.63) is 83.9 Å². The molecule has 1 aromatic heterocycles. The summed E-state index contributed by atoms with van der Waals surface area (Å²) in [5.41, 5.74) is 6.01. The Morgan fingerprint density at radius 3 is 2.46 bits per heavy atom. The van der Waals surface area contributed by atoms with Crippen LogP contribution in [0.2, 0.25) is 0 Å². The number of pyridine rings is 1. The maximum absolute atomic E-state index is 13.2. The highest BCUT2D eigenvalue weighted by molar-refractivity contribution is 6.08. The molecule has 1 amide bonds. The lowest BCUT2D eigenvalue weighted by molar-refractivity contribution is 0.0956. The average molecular weight is 470 g/mol. The van der Waals surface area contributed by atoms with Crippen molar-refractivity contribution < 1.29 is 19.7 Å². The van der Waals surface area contributed by atoms with Crippen molar-refractivity contribution in [3.63, 3.8) is 0 Å². The van der Waals surface area contributed by atoms with Gasteiger partial charge in [0.1, 0.15) is 17.2 Å². The number of aromatic hydroxyl groups is 2. The van der Waals surface area contributed by atoms with Crippen molar-refractivity contribution in [3.8, 4) is 28.5 Å². The summed E-state index contributed by atoms with van der Waals surface area (Å²) in [7, 11) is 0. The van der Waals surface area contributed by atoms with Gasteiger partial charge in [0.25, 0.3) is 5.91 Å². The second-order valence-electron chi connectivity index (χ2n) is 8.32. The van der Waals surface area contributed by atoms with E-state index in [0.29, 0.717) is 39.9 Å². The van der Waals surface area contributed by atoms with Crippen molar-refractivity contribution in [2.24, 2.45) is 5.10 Å². The van der Waals surface area contributed by atoms with Gasteiger partial charge in [-0.25, -0.2) is 10.4 Å². The summed E-state index contributed by atoms with van der Waals surface area (Å²) >= 11 is 0. The first-order chi connectivity index (χ1) is 16.9. The molecule has 0 unspecified atom stereocenters. The fourth-order valence-corrected chi connectivity index (χ4v) is 3.75. The molecule has 0 saturated carbocycles. The number of hydrogen-bond donors (Lipinski definition) is 3. The van der Waals surface area contributed by atoms with E-state index in [1.54, 1.807) is 6.07 Å². The number of hydrazone groups is 1. The number of benzene rings is 3. The predicted octanol–water partition coefficient (Wildman–Crippen LogP) is 5.64. The molecule has 4 rings (SSSR count). The summed E-state index contributed by atoms with van der Waals surface area (Å²) in [6.45, 7) is 5.79. The van der Waals surface area contributed by atoms with Gasteiger partial charge in [-0.3, -0.25) is 4.79 Å². The Morgan fingerprint density at radius 1 is 1.00 bits per heavy atom. The highest BCUT2D eigenvalue weighted by atomic mass is 16.5. The summed E-state index contributed by atoms with van der Waals surface area (Å²) < 4.78 is 5.72. The minimum absolute atomic E-state index is 0.000131. The lowest BCUT2D eigenvalue weighted by Crippen LogP contribution is -2.20. The molecule has 4 aromatic rings. The zero-order valence-electron chi connectivity index (χ0n) is 19.8. The van der Waals surface area contributed by atoms with E-state index in [1.807, 2.05) is 69.3 Å². The third kappa shape index (κ3) is 5.41. The van der Waals surface area contributed by atoms with E-state index in [4.69, 9.17) is 9.72 Å². The largest absolute Gasteiger partial charge is 0.508 e. The van der Waals surface area contributed by atoms with Crippen molar-refractivity contribution in [2.45, 2.75) is 33.3 Å². The van der Waals surface area contributed by atoms with Crippen molar-refractivity contribution >= 4 is 22.5 Å². The Morgan fingerprint density at radius 2 is 1.74 bits per heavy atom. The van der Waals surface area contributed by atoms with Gasteiger partial charge in [-0.2, -0.15) is 5.10 Å². The fraction of sp³-hybridized carbons (Fsp3) is 0.179. The smallest absolute Gasteiger partial charge is 0.272 e. The quantitative estimate of drug-likeness (QED) is 0.184. The molecule has 0 aliphatic heterocycles. The van der Waals surface area contributed by atoms with E-state index < -0.39 is 5.91 Å². The van der Waals surface area contributed by atoms with Crippen LogP contribution in [-0.2, 0) is 0 Å². The summed E-state index contributed by atoms with van der Waals surface area (Å²) in [5.74, 6) is 0.327. The molecule has 0 fully saturated rings. The highest BCUT2D eigenvalue weighted by Gasteiger charge is 2.15. The minimum atomic E-state index is -0.407. The van der Waals surface area contributed by atoms with Crippen LogP contribution in [0.15, 0.2) is 77.9 Å². The number of nitrogens with zero attached hydrogens (tertiary/aromatic N) is 2. The van der Waals surface area contributed by atoms with Crippen molar-refractivity contribution in [1.82, 2.24) is 10.4 Å². The fourth-order valence-electron chi connectivity index (χ4n) is 3.75. The van der Waals surface area contributed by atoms with Gasteiger partial charge >= 0.3 is 0 Å². The molecule has 0 radical (unpaired) electrons. The van der Waals surface area contributed by atoms with Crippen LogP contribution in [0, 0.1) is 0 Å². The Balaban J connectivity index is 1.69. The van der Waals surface area contributed by atoms with Gasteiger partial charge < -0.3 is 14.9 Å². The minimum Gasteiger partial charge on any atom is -0.508 e. The number of aromatic nitrogens is 1. The first kappa shape index (κ1) is 23.8. The van der Waals surface area contributed by atoms with E-state index >= 15 is 0 Å². The molecule has 0 aliphatic rings. The van der Waals surface area contributed by atoms with Crippen LogP contribution in [0.1, 0.15) is 43.1 Å². The maximum Gasteiger partial charge on any atom is 0.272 e. The SMILES string of the molecule is CC/C(=N/NC(=O)c1cc(-c2ccc(OC(C)C)cc2)nc2ccccc12)c1cc(O)ccc1O.